The molecule has 0 aliphatic heterocycles. The zero-order valence-corrected chi connectivity index (χ0v) is 12.7. The van der Waals surface area contributed by atoms with Gasteiger partial charge in [-0.05, 0) is 49.1 Å². The van der Waals surface area contributed by atoms with E-state index in [1.54, 1.807) is 6.07 Å². The molecule has 1 aromatic heterocycles. The SMILES string of the molecule is CCc1ccc(Nc2ccc(NC(=O)C3CCC3)nn2)cc1. The van der Waals surface area contributed by atoms with Crippen molar-refractivity contribution in [2.24, 2.45) is 5.92 Å². The molecule has 0 bridgehead atoms. The molecule has 1 fully saturated rings. The van der Waals surface area contributed by atoms with Gasteiger partial charge in [0.2, 0.25) is 5.91 Å². The van der Waals surface area contributed by atoms with Crippen molar-refractivity contribution in [3.63, 3.8) is 0 Å². The average Bonchev–Trinajstić information content (AvgIpc) is 2.48. The number of carbonyl (C=O) groups is 1. The van der Waals surface area contributed by atoms with Crippen molar-refractivity contribution in [2.45, 2.75) is 32.6 Å². The lowest BCUT2D eigenvalue weighted by atomic mass is 9.85. The molecule has 0 spiro atoms. The molecule has 1 amide bonds. The minimum atomic E-state index is 0.0522. The summed E-state index contributed by atoms with van der Waals surface area (Å²) in [5.41, 5.74) is 2.27. The number of amides is 1. The summed E-state index contributed by atoms with van der Waals surface area (Å²) in [7, 11) is 0. The number of nitrogens with one attached hydrogen (secondary N) is 2. The van der Waals surface area contributed by atoms with Gasteiger partial charge < -0.3 is 10.6 Å². The monoisotopic (exact) mass is 296 g/mol. The van der Waals surface area contributed by atoms with E-state index in [2.05, 4.69) is 39.9 Å². The van der Waals surface area contributed by atoms with Crippen LogP contribution in [0.3, 0.4) is 0 Å². The molecule has 5 nitrogen and oxygen atoms in total. The second-order valence-electron chi connectivity index (χ2n) is 5.60. The predicted octanol–water partition coefficient (Wildman–Crippen LogP) is 3.52. The highest BCUT2D eigenvalue weighted by atomic mass is 16.2. The van der Waals surface area contributed by atoms with Crippen molar-refractivity contribution in [3.05, 3.63) is 42.0 Å². The largest absolute Gasteiger partial charge is 0.339 e. The van der Waals surface area contributed by atoms with E-state index >= 15 is 0 Å². The molecule has 5 heteroatoms. The van der Waals surface area contributed by atoms with Crippen molar-refractivity contribution in [3.8, 4) is 0 Å². The molecule has 2 N–H and O–H groups in total. The van der Waals surface area contributed by atoms with Crippen molar-refractivity contribution in [2.75, 3.05) is 10.6 Å². The molecule has 0 saturated heterocycles. The van der Waals surface area contributed by atoms with Gasteiger partial charge in [0.25, 0.3) is 0 Å². The maximum absolute atomic E-state index is 11.8. The number of carbonyl (C=O) groups excluding carboxylic acids is 1. The third-order valence-corrected chi connectivity index (χ3v) is 4.03. The first-order valence-corrected chi connectivity index (χ1v) is 7.75. The Bertz CT molecular complexity index is 633. The van der Waals surface area contributed by atoms with Crippen LogP contribution in [-0.4, -0.2) is 16.1 Å². The number of anilines is 3. The summed E-state index contributed by atoms with van der Waals surface area (Å²) in [5, 5.41) is 14.1. The van der Waals surface area contributed by atoms with Crippen LogP contribution in [-0.2, 0) is 11.2 Å². The van der Waals surface area contributed by atoms with Crippen LogP contribution in [0.2, 0.25) is 0 Å². The van der Waals surface area contributed by atoms with Crippen molar-refractivity contribution < 1.29 is 4.79 Å². The van der Waals surface area contributed by atoms with Gasteiger partial charge in [0.15, 0.2) is 11.6 Å². The number of nitrogens with zero attached hydrogens (tertiary/aromatic N) is 2. The lowest BCUT2D eigenvalue weighted by molar-refractivity contribution is -0.122. The Morgan fingerprint density at radius 3 is 2.32 bits per heavy atom. The number of hydrogen-bond donors (Lipinski definition) is 2. The molecular formula is C17H20N4O. The number of hydrogen-bond acceptors (Lipinski definition) is 4. The van der Waals surface area contributed by atoms with Gasteiger partial charge in [-0.25, -0.2) is 0 Å². The molecule has 0 radical (unpaired) electrons. The molecule has 1 aromatic carbocycles. The lowest BCUT2D eigenvalue weighted by Crippen LogP contribution is -2.28. The number of aryl methyl sites for hydroxylation is 1. The van der Waals surface area contributed by atoms with Gasteiger partial charge in [0.1, 0.15) is 0 Å². The molecule has 0 atom stereocenters. The van der Waals surface area contributed by atoms with Gasteiger partial charge in [-0.3, -0.25) is 4.79 Å². The maximum atomic E-state index is 11.8. The van der Waals surface area contributed by atoms with E-state index in [0.29, 0.717) is 11.6 Å². The molecule has 2 aromatic rings. The summed E-state index contributed by atoms with van der Waals surface area (Å²) in [6, 6.07) is 11.8. The van der Waals surface area contributed by atoms with Gasteiger partial charge >= 0.3 is 0 Å². The average molecular weight is 296 g/mol. The summed E-state index contributed by atoms with van der Waals surface area (Å²) < 4.78 is 0. The Morgan fingerprint density at radius 1 is 1.09 bits per heavy atom. The highest BCUT2D eigenvalue weighted by Gasteiger charge is 2.25. The van der Waals surface area contributed by atoms with E-state index in [1.807, 2.05) is 18.2 Å². The maximum Gasteiger partial charge on any atom is 0.228 e. The van der Waals surface area contributed by atoms with Crippen LogP contribution < -0.4 is 10.6 Å². The quantitative estimate of drug-likeness (QED) is 0.886. The summed E-state index contributed by atoms with van der Waals surface area (Å²) in [5.74, 6) is 1.36. The van der Waals surface area contributed by atoms with Crippen LogP contribution in [0.15, 0.2) is 36.4 Å². The topological polar surface area (TPSA) is 66.9 Å². The van der Waals surface area contributed by atoms with Gasteiger partial charge in [-0.1, -0.05) is 25.5 Å². The van der Waals surface area contributed by atoms with Crippen molar-refractivity contribution in [1.29, 1.82) is 0 Å². The molecule has 114 valence electrons. The van der Waals surface area contributed by atoms with Crippen molar-refractivity contribution in [1.82, 2.24) is 10.2 Å². The fourth-order valence-electron chi connectivity index (χ4n) is 2.34. The molecule has 0 unspecified atom stereocenters. The molecule has 22 heavy (non-hydrogen) atoms. The van der Waals surface area contributed by atoms with E-state index in [1.165, 1.54) is 5.56 Å². The summed E-state index contributed by atoms with van der Waals surface area (Å²) in [4.78, 5) is 11.8. The summed E-state index contributed by atoms with van der Waals surface area (Å²) >= 11 is 0. The second-order valence-corrected chi connectivity index (χ2v) is 5.60. The number of aromatic nitrogens is 2. The van der Waals surface area contributed by atoms with Crippen LogP contribution >= 0.6 is 0 Å². The van der Waals surface area contributed by atoms with E-state index in [-0.39, 0.29) is 11.8 Å². The minimum absolute atomic E-state index is 0.0522. The molecular weight excluding hydrogens is 276 g/mol. The fraction of sp³-hybridized carbons (Fsp3) is 0.353. The second kappa shape index (κ2) is 6.56. The van der Waals surface area contributed by atoms with E-state index in [4.69, 9.17) is 0 Å². The Labute approximate surface area is 130 Å². The number of benzene rings is 1. The van der Waals surface area contributed by atoms with E-state index in [9.17, 15) is 4.79 Å². The Hall–Kier alpha value is -2.43. The molecule has 3 rings (SSSR count). The molecule has 1 aliphatic carbocycles. The first-order chi connectivity index (χ1) is 10.7. The first kappa shape index (κ1) is 14.5. The summed E-state index contributed by atoms with van der Waals surface area (Å²) in [6.07, 6.45) is 4.12. The van der Waals surface area contributed by atoms with E-state index < -0.39 is 0 Å². The highest BCUT2D eigenvalue weighted by molar-refractivity contribution is 5.92. The van der Waals surface area contributed by atoms with Gasteiger partial charge in [0, 0.05) is 11.6 Å². The van der Waals surface area contributed by atoms with Gasteiger partial charge in [0.05, 0.1) is 0 Å². The zero-order chi connectivity index (χ0) is 15.4. The van der Waals surface area contributed by atoms with Crippen LogP contribution in [0, 0.1) is 5.92 Å². The Morgan fingerprint density at radius 2 is 1.77 bits per heavy atom. The van der Waals surface area contributed by atoms with Crippen LogP contribution in [0.5, 0.6) is 0 Å². The third-order valence-electron chi connectivity index (χ3n) is 4.03. The van der Waals surface area contributed by atoms with Crippen LogP contribution in [0.4, 0.5) is 17.3 Å². The Balaban J connectivity index is 1.59. The molecule has 1 heterocycles. The standard InChI is InChI=1S/C17H20N4O/c1-2-12-6-8-14(9-7-12)18-15-10-11-16(21-20-15)19-17(22)13-4-3-5-13/h6-11,13H,2-5H2,1H3,(H,18,20)(H,19,21,22). The Kier molecular flexibility index (Phi) is 4.32. The summed E-state index contributed by atoms with van der Waals surface area (Å²) in [6.45, 7) is 2.13. The van der Waals surface area contributed by atoms with Gasteiger partial charge in [-0.2, -0.15) is 0 Å². The molecule has 1 saturated carbocycles. The normalized spacial score (nSPS) is 14.2. The lowest BCUT2D eigenvalue weighted by Gasteiger charge is -2.23. The van der Waals surface area contributed by atoms with Crippen LogP contribution in [0.25, 0.3) is 0 Å². The highest BCUT2D eigenvalue weighted by Crippen LogP contribution is 2.27. The predicted molar refractivity (Wildman–Crippen MR) is 87.1 cm³/mol. The first-order valence-electron chi connectivity index (χ1n) is 7.75. The number of rotatable bonds is 5. The zero-order valence-electron chi connectivity index (χ0n) is 12.7. The third kappa shape index (κ3) is 3.42. The minimum Gasteiger partial charge on any atom is -0.339 e. The van der Waals surface area contributed by atoms with Crippen LogP contribution in [0.1, 0.15) is 31.7 Å². The van der Waals surface area contributed by atoms with Crippen molar-refractivity contribution >= 4 is 23.2 Å². The smallest absolute Gasteiger partial charge is 0.228 e. The fourth-order valence-corrected chi connectivity index (χ4v) is 2.34. The molecule has 1 aliphatic rings. The van der Waals surface area contributed by atoms with E-state index in [0.717, 1.165) is 31.4 Å². The van der Waals surface area contributed by atoms with Gasteiger partial charge in [-0.15, -0.1) is 10.2 Å².